The molecule has 0 saturated carbocycles. The molecule has 1 aliphatic carbocycles. The van der Waals surface area contributed by atoms with Crippen molar-refractivity contribution in [2.75, 3.05) is 20.2 Å². The number of hydrogen-bond donors (Lipinski definition) is 2. The minimum absolute atomic E-state index is 0.389. The van der Waals surface area contributed by atoms with Gasteiger partial charge >= 0.3 is 0 Å². The van der Waals surface area contributed by atoms with Crippen molar-refractivity contribution >= 4 is 11.6 Å². The fourth-order valence-electron chi connectivity index (χ4n) is 3.64. The summed E-state index contributed by atoms with van der Waals surface area (Å²) in [6, 6.07) is 15.0. The number of benzene rings is 2. The van der Waals surface area contributed by atoms with Crippen molar-refractivity contribution in [3.8, 4) is 5.75 Å². The molecule has 2 aromatic rings. The Morgan fingerprint density at radius 2 is 2.08 bits per heavy atom. The Kier molecular flexibility index (Phi) is 5.77. The number of hydrogen-bond acceptors (Lipinski definition) is 3. The maximum atomic E-state index is 6.40. The molecule has 2 atom stereocenters. The number of likely N-dealkylation sites (N-methyl/N-ethyl adjacent to an activating group) is 1. The van der Waals surface area contributed by atoms with Crippen LogP contribution >= 0.6 is 11.6 Å². The molecule has 0 aliphatic heterocycles. The minimum atomic E-state index is 0.389. The average molecular weight is 345 g/mol. The zero-order valence-corrected chi connectivity index (χ0v) is 14.9. The van der Waals surface area contributed by atoms with Crippen LogP contribution in [0.2, 0.25) is 5.02 Å². The van der Waals surface area contributed by atoms with E-state index in [1.165, 1.54) is 16.7 Å². The molecular formula is C20H25ClN2O. The molecule has 0 bridgehead atoms. The third kappa shape index (κ3) is 3.75. The molecule has 1 aliphatic rings. The molecule has 0 saturated heterocycles. The summed E-state index contributed by atoms with van der Waals surface area (Å²) >= 11 is 6.40. The topological polar surface area (TPSA) is 47.3 Å². The quantitative estimate of drug-likeness (QED) is 0.842. The Balaban J connectivity index is 1.93. The van der Waals surface area contributed by atoms with Gasteiger partial charge in [0.25, 0.3) is 0 Å². The molecule has 0 spiro atoms. The molecule has 3 N–H and O–H groups in total. The highest BCUT2D eigenvalue weighted by atomic mass is 35.5. The van der Waals surface area contributed by atoms with Gasteiger partial charge in [-0.25, -0.2) is 0 Å². The fourth-order valence-corrected chi connectivity index (χ4v) is 3.85. The Bertz CT molecular complexity index is 689. The van der Waals surface area contributed by atoms with E-state index in [1.807, 2.05) is 19.2 Å². The summed E-state index contributed by atoms with van der Waals surface area (Å²) in [4.78, 5) is 0. The molecule has 3 rings (SSSR count). The van der Waals surface area contributed by atoms with E-state index in [0.717, 1.165) is 30.0 Å². The predicted molar refractivity (Wildman–Crippen MR) is 100 cm³/mol. The largest absolute Gasteiger partial charge is 0.492 e. The number of fused-ring (bicyclic) bond motifs is 1. The van der Waals surface area contributed by atoms with Crippen molar-refractivity contribution in [1.82, 2.24) is 5.32 Å². The number of nitrogens with one attached hydrogen (secondary N) is 1. The minimum Gasteiger partial charge on any atom is -0.492 e. The van der Waals surface area contributed by atoms with Crippen molar-refractivity contribution in [3.63, 3.8) is 0 Å². The van der Waals surface area contributed by atoms with Gasteiger partial charge in [-0.05, 0) is 61.2 Å². The van der Waals surface area contributed by atoms with Crippen LogP contribution in [0.15, 0.2) is 42.5 Å². The lowest BCUT2D eigenvalue weighted by Crippen LogP contribution is -2.37. The third-order valence-corrected chi connectivity index (χ3v) is 5.25. The van der Waals surface area contributed by atoms with Gasteiger partial charge < -0.3 is 15.8 Å². The number of halogens is 1. The van der Waals surface area contributed by atoms with Crippen LogP contribution < -0.4 is 15.8 Å². The van der Waals surface area contributed by atoms with Gasteiger partial charge in [0.15, 0.2) is 0 Å². The first-order valence-corrected chi connectivity index (χ1v) is 8.97. The van der Waals surface area contributed by atoms with E-state index in [-0.39, 0.29) is 0 Å². The van der Waals surface area contributed by atoms with Crippen LogP contribution in [0.4, 0.5) is 0 Å². The molecular weight excluding hydrogens is 320 g/mol. The molecule has 24 heavy (non-hydrogen) atoms. The molecule has 2 aromatic carbocycles. The fraction of sp³-hybridized carbons (Fsp3) is 0.400. The third-order valence-electron chi connectivity index (χ3n) is 4.88. The summed E-state index contributed by atoms with van der Waals surface area (Å²) in [5.41, 5.74) is 9.54. The van der Waals surface area contributed by atoms with E-state index in [0.29, 0.717) is 25.1 Å². The average Bonchev–Trinajstić information content (AvgIpc) is 2.62. The standard InChI is InChI=1S/C20H25ClN2O/c1-23-20-9-7-14-6-8-16(24-11-10-22)13-17(14)18(20)12-15-4-2-3-5-19(15)21/h2-6,8,13,18,20,23H,7,9-12,22H2,1H3. The summed E-state index contributed by atoms with van der Waals surface area (Å²) in [5, 5.41) is 4.34. The van der Waals surface area contributed by atoms with Gasteiger partial charge in [-0.2, -0.15) is 0 Å². The number of aryl methyl sites for hydroxylation is 1. The molecule has 128 valence electrons. The monoisotopic (exact) mass is 344 g/mol. The number of nitrogens with two attached hydrogens (primary N) is 1. The van der Waals surface area contributed by atoms with Crippen LogP contribution in [0.5, 0.6) is 5.75 Å². The van der Waals surface area contributed by atoms with Crippen molar-refractivity contribution in [3.05, 3.63) is 64.2 Å². The van der Waals surface area contributed by atoms with Crippen molar-refractivity contribution in [2.45, 2.75) is 31.2 Å². The summed E-state index contributed by atoms with van der Waals surface area (Å²) in [6.07, 6.45) is 3.16. The van der Waals surface area contributed by atoms with Crippen molar-refractivity contribution < 1.29 is 4.74 Å². The Hall–Kier alpha value is -1.55. The molecule has 0 aromatic heterocycles. The molecule has 0 radical (unpaired) electrons. The zero-order chi connectivity index (χ0) is 16.9. The lowest BCUT2D eigenvalue weighted by atomic mass is 9.76. The number of rotatable bonds is 6. The lowest BCUT2D eigenvalue weighted by molar-refractivity contribution is 0.326. The highest BCUT2D eigenvalue weighted by molar-refractivity contribution is 6.31. The van der Waals surface area contributed by atoms with E-state index >= 15 is 0 Å². The van der Waals surface area contributed by atoms with Crippen LogP contribution in [0, 0.1) is 0 Å². The van der Waals surface area contributed by atoms with Crippen LogP contribution in [-0.2, 0) is 12.8 Å². The summed E-state index contributed by atoms with van der Waals surface area (Å²) in [5.74, 6) is 1.29. The SMILES string of the molecule is CNC1CCc2ccc(OCCN)cc2C1Cc1ccccc1Cl. The van der Waals surface area contributed by atoms with Gasteiger partial charge in [-0.3, -0.25) is 0 Å². The highest BCUT2D eigenvalue weighted by Crippen LogP contribution is 2.37. The van der Waals surface area contributed by atoms with Crippen LogP contribution in [0.1, 0.15) is 29.0 Å². The second-order valence-corrected chi connectivity index (χ2v) is 6.74. The predicted octanol–water partition coefficient (Wildman–Crippen LogP) is 3.54. The summed E-state index contributed by atoms with van der Waals surface area (Å²) < 4.78 is 5.74. The highest BCUT2D eigenvalue weighted by Gasteiger charge is 2.29. The van der Waals surface area contributed by atoms with Gasteiger partial charge in [0.1, 0.15) is 12.4 Å². The maximum Gasteiger partial charge on any atom is 0.119 e. The van der Waals surface area contributed by atoms with Gasteiger partial charge in [0.05, 0.1) is 0 Å². The van der Waals surface area contributed by atoms with E-state index in [2.05, 4.69) is 35.6 Å². The maximum absolute atomic E-state index is 6.40. The van der Waals surface area contributed by atoms with Crippen molar-refractivity contribution in [2.24, 2.45) is 5.73 Å². The van der Waals surface area contributed by atoms with Gasteiger partial charge in [-0.15, -0.1) is 0 Å². The molecule has 3 nitrogen and oxygen atoms in total. The van der Waals surface area contributed by atoms with Gasteiger partial charge in [0, 0.05) is 23.5 Å². The normalized spacial score (nSPS) is 19.8. The van der Waals surface area contributed by atoms with E-state index < -0.39 is 0 Å². The Morgan fingerprint density at radius 1 is 1.25 bits per heavy atom. The van der Waals surface area contributed by atoms with E-state index in [1.54, 1.807) is 0 Å². The molecule has 0 heterocycles. The Labute approximate surface area is 149 Å². The van der Waals surface area contributed by atoms with Crippen LogP contribution in [0.3, 0.4) is 0 Å². The van der Waals surface area contributed by atoms with Crippen LogP contribution in [-0.4, -0.2) is 26.2 Å². The first-order chi connectivity index (χ1) is 11.7. The zero-order valence-electron chi connectivity index (χ0n) is 14.1. The molecule has 2 unspecified atom stereocenters. The summed E-state index contributed by atoms with van der Waals surface area (Å²) in [6.45, 7) is 1.07. The van der Waals surface area contributed by atoms with Crippen molar-refractivity contribution in [1.29, 1.82) is 0 Å². The van der Waals surface area contributed by atoms with E-state index in [4.69, 9.17) is 22.1 Å². The van der Waals surface area contributed by atoms with Gasteiger partial charge in [-0.1, -0.05) is 35.9 Å². The van der Waals surface area contributed by atoms with E-state index in [9.17, 15) is 0 Å². The smallest absolute Gasteiger partial charge is 0.119 e. The second kappa shape index (κ2) is 8.02. The molecule has 0 amide bonds. The molecule has 4 heteroatoms. The number of ether oxygens (including phenoxy) is 1. The second-order valence-electron chi connectivity index (χ2n) is 6.33. The first kappa shape index (κ1) is 17.3. The van der Waals surface area contributed by atoms with Crippen LogP contribution in [0.25, 0.3) is 0 Å². The molecule has 0 fully saturated rings. The lowest BCUT2D eigenvalue weighted by Gasteiger charge is -2.34. The first-order valence-electron chi connectivity index (χ1n) is 8.59. The summed E-state index contributed by atoms with van der Waals surface area (Å²) in [7, 11) is 2.05. The van der Waals surface area contributed by atoms with Gasteiger partial charge in [0.2, 0.25) is 0 Å². The Morgan fingerprint density at radius 3 is 2.83 bits per heavy atom.